The molecule has 0 saturated carbocycles. The van der Waals surface area contributed by atoms with Crippen LogP contribution in [0.4, 0.5) is 11.4 Å². The molecule has 0 aliphatic carbocycles. The van der Waals surface area contributed by atoms with Gasteiger partial charge < -0.3 is 5.73 Å². The molecular formula is C12H11ClN2O2. The van der Waals surface area contributed by atoms with Crippen LogP contribution in [0.5, 0.6) is 0 Å². The molecule has 0 bridgehead atoms. The number of nitrogens with zero attached hydrogens (tertiary/aromatic N) is 1. The van der Waals surface area contributed by atoms with Crippen molar-refractivity contribution in [1.29, 1.82) is 0 Å². The molecule has 0 saturated heterocycles. The van der Waals surface area contributed by atoms with E-state index in [-0.39, 0.29) is 18.1 Å². The van der Waals surface area contributed by atoms with Crippen molar-refractivity contribution in [1.82, 2.24) is 0 Å². The minimum atomic E-state index is -0.407. The Kier molecular flexibility index (Phi) is 4.06. The zero-order valence-corrected chi connectivity index (χ0v) is 9.68. The number of halogens is 1. The standard InChI is InChI=1S/C12H10N2O2.ClH/c13-11-5-1-3-9(7-11)10-4-2-6-12(8-10)14(15)16;/h1-8H,13H2;1H. The lowest BCUT2D eigenvalue weighted by Gasteiger charge is -2.02. The summed E-state index contributed by atoms with van der Waals surface area (Å²) in [6.07, 6.45) is 0. The van der Waals surface area contributed by atoms with E-state index in [0.29, 0.717) is 5.69 Å². The fourth-order valence-electron chi connectivity index (χ4n) is 1.52. The van der Waals surface area contributed by atoms with Gasteiger partial charge in [-0.25, -0.2) is 0 Å². The molecular weight excluding hydrogens is 240 g/mol. The number of nitrogen functional groups attached to an aromatic ring is 1. The molecule has 0 amide bonds. The van der Waals surface area contributed by atoms with Crippen molar-refractivity contribution in [3.8, 4) is 11.1 Å². The predicted octanol–water partition coefficient (Wildman–Crippen LogP) is 3.27. The fraction of sp³-hybridized carbons (Fsp3) is 0. The van der Waals surface area contributed by atoms with Crippen molar-refractivity contribution >= 4 is 23.8 Å². The van der Waals surface area contributed by atoms with E-state index in [9.17, 15) is 10.1 Å². The molecule has 2 aromatic carbocycles. The number of rotatable bonds is 2. The van der Waals surface area contributed by atoms with E-state index < -0.39 is 4.92 Å². The summed E-state index contributed by atoms with van der Waals surface area (Å²) in [5.41, 5.74) is 8.06. The Labute approximate surface area is 105 Å². The molecule has 0 unspecified atom stereocenters. The van der Waals surface area contributed by atoms with Gasteiger partial charge >= 0.3 is 0 Å². The van der Waals surface area contributed by atoms with Gasteiger partial charge in [-0.2, -0.15) is 0 Å². The normalized spacial score (nSPS) is 9.41. The molecule has 0 spiro atoms. The van der Waals surface area contributed by atoms with Crippen LogP contribution in [0.15, 0.2) is 48.5 Å². The molecule has 2 aromatic rings. The summed E-state index contributed by atoms with van der Waals surface area (Å²) in [7, 11) is 0. The smallest absolute Gasteiger partial charge is 0.270 e. The SMILES string of the molecule is Cl.Nc1cccc(-c2cccc([N+](=O)[O-])c2)c1. The van der Waals surface area contributed by atoms with Crippen molar-refractivity contribution in [2.75, 3.05) is 5.73 Å². The van der Waals surface area contributed by atoms with Crippen molar-refractivity contribution in [2.45, 2.75) is 0 Å². The van der Waals surface area contributed by atoms with Crippen LogP contribution in [-0.2, 0) is 0 Å². The van der Waals surface area contributed by atoms with Crippen LogP contribution in [0, 0.1) is 10.1 Å². The second kappa shape index (κ2) is 5.32. The summed E-state index contributed by atoms with van der Waals surface area (Å²) < 4.78 is 0. The molecule has 0 aliphatic heterocycles. The second-order valence-corrected chi connectivity index (χ2v) is 3.43. The molecule has 0 aromatic heterocycles. The molecule has 4 nitrogen and oxygen atoms in total. The number of nitro groups is 1. The van der Waals surface area contributed by atoms with Gasteiger partial charge in [0.1, 0.15) is 0 Å². The predicted molar refractivity (Wildman–Crippen MR) is 70.2 cm³/mol. The lowest BCUT2D eigenvalue weighted by atomic mass is 10.0. The highest BCUT2D eigenvalue weighted by molar-refractivity contribution is 5.85. The van der Waals surface area contributed by atoms with Gasteiger partial charge in [0.15, 0.2) is 0 Å². The van der Waals surface area contributed by atoms with E-state index >= 15 is 0 Å². The minimum absolute atomic E-state index is 0. The Hall–Kier alpha value is -2.07. The summed E-state index contributed by atoms with van der Waals surface area (Å²) in [4.78, 5) is 10.2. The summed E-state index contributed by atoms with van der Waals surface area (Å²) in [6, 6.07) is 13.8. The van der Waals surface area contributed by atoms with Crippen molar-refractivity contribution < 1.29 is 4.92 Å². The van der Waals surface area contributed by atoms with Crippen LogP contribution >= 0.6 is 12.4 Å². The van der Waals surface area contributed by atoms with Gasteiger partial charge in [0, 0.05) is 17.8 Å². The highest BCUT2D eigenvalue weighted by atomic mass is 35.5. The summed E-state index contributed by atoms with van der Waals surface area (Å²) >= 11 is 0. The number of nitrogens with two attached hydrogens (primary N) is 1. The molecule has 0 aliphatic rings. The molecule has 2 rings (SSSR count). The average Bonchev–Trinajstić information content (AvgIpc) is 2.29. The molecule has 2 N–H and O–H groups in total. The number of hydrogen-bond donors (Lipinski definition) is 1. The first-order chi connectivity index (χ1) is 7.66. The van der Waals surface area contributed by atoms with E-state index in [1.165, 1.54) is 12.1 Å². The molecule has 0 fully saturated rings. The van der Waals surface area contributed by atoms with E-state index in [1.807, 2.05) is 18.2 Å². The molecule has 0 heterocycles. The molecule has 5 heteroatoms. The first kappa shape index (κ1) is 13.0. The number of nitro benzene ring substituents is 1. The number of non-ortho nitro benzene ring substituents is 1. The average molecular weight is 251 g/mol. The number of anilines is 1. The topological polar surface area (TPSA) is 69.2 Å². The molecule has 0 atom stereocenters. The van der Waals surface area contributed by atoms with Crippen LogP contribution in [-0.4, -0.2) is 4.92 Å². The van der Waals surface area contributed by atoms with Gasteiger partial charge in [0.2, 0.25) is 0 Å². The third-order valence-corrected chi connectivity index (χ3v) is 2.28. The van der Waals surface area contributed by atoms with Crippen LogP contribution < -0.4 is 5.73 Å². The van der Waals surface area contributed by atoms with E-state index in [2.05, 4.69) is 0 Å². The van der Waals surface area contributed by atoms with Crippen molar-refractivity contribution in [2.24, 2.45) is 0 Å². The van der Waals surface area contributed by atoms with E-state index in [0.717, 1.165) is 11.1 Å². The summed E-state index contributed by atoms with van der Waals surface area (Å²) in [5.74, 6) is 0. The van der Waals surface area contributed by atoms with E-state index in [4.69, 9.17) is 5.73 Å². The van der Waals surface area contributed by atoms with Crippen LogP contribution in [0.2, 0.25) is 0 Å². The monoisotopic (exact) mass is 250 g/mol. The van der Waals surface area contributed by atoms with Gasteiger partial charge in [-0.1, -0.05) is 24.3 Å². The lowest BCUT2D eigenvalue weighted by Crippen LogP contribution is -1.89. The highest BCUT2D eigenvalue weighted by Gasteiger charge is 2.06. The van der Waals surface area contributed by atoms with Crippen molar-refractivity contribution in [3.05, 3.63) is 58.6 Å². The summed E-state index contributed by atoms with van der Waals surface area (Å²) in [6.45, 7) is 0. The van der Waals surface area contributed by atoms with Gasteiger partial charge in [0.25, 0.3) is 5.69 Å². The Bertz CT molecular complexity index is 544. The van der Waals surface area contributed by atoms with Gasteiger partial charge in [-0.15, -0.1) is 12.4 Å². The van der Waals surface area contributed by atoms with Crippen LogP contribution in [0.25, 0.3) is 11.1 Å². The van der Waals surface area contributed by atoms with Crippen LogP contribution in [0.3, 0.4) is 0 Å². The fourth-order valence-corrected chi connectivity index (χ4v) is 1.52. The van der Waals surface area contributed by atoms with Gasteiger partial charge in [-0.3, -0.25) is 10.1 Å². The summed E-state index contributed by atoms with van der Waals surface area (Å²) in [5, 5.41) is 10.6. The maximum absolute atomic E-state index is 10.6. The Morgan fingerprint density at radius 2 is 1.59 bits per heavy atom. The second-order valence-electron chi connectivity index (χ2n) is 3.43. The third-order valence-electron chi connectivity index (χ3n) is 2.28. The van der Waals surface area contributed by atoms with Gasteiger partial charge in [-0.05, 0) is 23.3 Å². The van der Waals surface area contributed by atoms with Crippen LogP contribution in [0.1, 0.15) is 0 Å². The first-order valence-electron chi connectivity index (χ1n) is 4.77. The van der Waals surface area contributed by atoms with E-state index in [1.54, 1.807) is 18.2 Å². The number of benzene rings is 2. The largest absolute Gasteiger partial charge is 0.399 e. The quantitative estimate of drug-likeness (QED) is 0.505. The zero-order valence-electron chi connectivity index (χ0n) is 8.87. The molecule has 0 radical (unpaired) electrons. The third kappa shape index (κ3) is 2.95. The first-order valence-corrected chi connectivity index (χ1v) is 4.77. The lowest BCUT2D eigenvalue weighted by molar-refractivity contribution is -0.384. The van der Waals surface area contributed by atoms with Crippen molar-refractivity contribution in [3.63, 3.8) is 0 Å². The number of hydrogen-bond acceptors (Lipinski definition) is 3. The Morgan fingerprint density at radius 1 is 1.00 bits per heavy atom. The minimum Gasteiger partial charge on any atom is -0.399 e. The zero-order chi connectivity index (χ0) is 11.5. The Balaban J connectivity index is 0.00000144. The molecule has 17 heavy (non-hydrogen) atoms. The Morgan fingerprint density at radius 3 is 2.18 bits per heavy atom. The highest BCUT2D eigenvalue weighted by Crippen LogP contribution is 2.24. The maximum Gasteiger partial charge on any atom is 0.270 e. The maximum atomic E-state index is 10.6. The molecule has 88 valence electrons. The van der Waals surface area contributed by atoms with Gasteiger partial charge in [0.05, 0.1) is 4.92 Å².